The first-order chi connectivity index (χ1) is 8.31. The topological polar surface area (TPSA) is 43.1 Å². The fraction of sp³-hybridized carbons (Fsp3) is 0. The molecule has 0 amide bonds. The standard InChI is InChI=1S/C15H11NO/c16-15-13-7-2-1-4-10(13)8-11-5-3-6-12(9-17)14(11)15/h1-9H,16H2. The third kappa shape index (κ3) is 1.38. The number of hydrogen-bond donors (Lipinski definition) is 1. The Labute approximate surface area is 98.7 Å². The highest BCUT2D eigenvalue weighted by atomic mass is 16.1. The second kappa shape index (κ2) is 3.59. The van der Waals surface area contributed by atoms with Crippen molar-refractivity contribution < 1.29 is 4.79 Å². The third-order valence-electron chi connectivity index (χ3n) is 3.09. The van der Waals surface area contributed by atoms with Crippen LogP contribution in [0.2, 0.25) is 0 Å². The first-order valence-corrected chi connectivity index (χ1v) is 5.46. The highest BCUT2D eigenvalue weighted by Crippen LogP contribution is 2.32. The summed E-state index contributed by atoms with van der Waals surface area (Å²) in [5.74, 6) is 0. The van der Waals surface area contributed by atoms with Gasteiger partial charge in [0.25, 0.3) is 0 Å². The molecule has 0 fully saturated rings. The summed E-state index contributed by atoms with van der Waals surface area (Å²) in [6, 6.07) is 15.6. The van der Waals surface area contributed by atoms with Gasteiger partial charge in [-0.3, -0.25) is 4.79 Å². The summed E-state index contributed by atoms with van der Waals surface area (Å²) in [4.78, 5) is 11.1. The molecule has 0 aliphatic heterocycles. The smallest absolute Gasteiger partial charge is 0.150 e. The number of anilines is 1. The minimum absolute atomic E-state index is 0.644. The Morgan fingerprint density at radius 3 is 2.53 bits per heavy atom. The fourth-order valence-electron chi connectivity index (χ4n) is 2.29. The van der Waals surface area contributed by atoms with Gasteiger partial charge in [0.05, 0.1) is 0 Å². The molecule has 0 heterocycles. The lowest BCUT2D eigenvalue weighted by molar-refractivity contribution is 0.112. The maximum Gasteiger partial charge on any atom is 0.150 e. The Bertz CT molecular complexity index is 731. The molecule has 0 unspecified atom stereocenters. The molecular weight excluding hydrogens is 210 g/mol. The Morgan fingerprint density at radius 2 is 1.71 bits per heavy atom. The van der Waals surface area contributed by atoms with E-state index in [0.717, 1.165) is 27.8 Å². The van der Waals surface area contributed by atoms with Gasteiger partial charge in [0, 0.05) is 22.0 Å². The quantitative estimate of drug-likeness (QED) is 0.389. The van der Waals surface area contributed by atoms with E-state index >= 15 is 0 Å². The number of fused-ring (bicyclic) bond motifs is 2. The molecule has 2 heteroatoms. The fourth-order valence-corrected chi connectivity index (χ4v) is 2.29. The molecule has 0 aliphatic rings. The van der Waals surface area contributed by atoms with E-state index in [2.05, 4.69) is 6.07 Å². The van der Waals surface area contributed by atoms with Crippen molar-refractivity contribution in [1.82, 2.24) is 0 Å². The largest absolute Gasteiger partial charge is 0.398 e. The van der Waals surface area contributed by atoms with E-state index in [1.165, 1.54) is 0 Å². The lowest BCUT2D eigenvalue weighted by Crippen LogP contribution is -1.93. The summed E-state index contributed by atoms with van der Waals surface area (Å²) in [7, 11) is 0. The molecule has 0 saturated heterocycles. The van der Waals surface area contributed by atoms with Crippen molar-refractivity contribution in [1.29, 1.82) is 0 Å². The van der Waals surface area contributed by atoms with Gasteiger partial charge in [-0.15, -0.1) is 0 Å². The van der Waals surface area contributed by atoms with Crippen molar-refractivity contribution in [2.75, 3.05) is 5.73 Å². The highest BCUT2D eigenvalue weighted by Gasteiger charge is 2.07. The van der Waals surface area contributed by atoms with Gasteiger partial charge in [-0.1, -0.05) is 42.5 Å². The molecular formula is C15H11NO. The maximum absolute atomic E-state index is 11.1. The zero-order valence-corrected chi connectivity index (χ0v) is 9.18. The van der Waals surface area contributed by atoms with Crippen LogP contribution in [0, 0.1) is 0 Å². The van der Waals surface area contributed by atoms with Gasteiger partial charge in [0.1, 0.15) is 0 Å². The summed E-state index contributed by atoms with van der Waals surface area (Å²) in [6.07, 6.45) is 0.855. The number of rotatable bonds is 1. The van der Waals surface area contributed by atoms with Gasteiger partial charge in [0.15, 0.2) is 6.29 Å². The van der Waals surface area contributed by atoms with Gasteiger partial charge >= 0.3 is 0 Å². The van der Waals surface area contributed by atoms with Crippen molar-refractivity contribution in [2.45, 2.75) is 0 Å². The molecule has 0 spiro atoms. The summed E-state index contributed by atoms with van der Waals surface area (Å²) >= 11 is 0. The van der Waals surface area contributed by atoms with E-state index in [0.29, 0.717) is 11.3 Å². The van der Waals surface area contributed by atoms with Crippen molar-refractivity contribution >= 4 is 33.5 Å². The van der Waals surface area contributed by atoms with Gasteiger partial charge < -0.3 is 5.73 Å². The molecule has 0 saturated carbocycles. The maximum atomic E-state index is 11.1. The van der Waals surface area contributed by atoms with Crippen molar-refractivity contribution in [2.24, 2.45) is 0 Å². The summed E-state index contributed by atoms with van der Waals surface area (Å²) < 4.78 is 0. The van der Waals surface area contributed by atoms with Crippen LogP contribution in [0.1, 0.15) is 10.4 Å². The summed E-state index contributed by atoms with van der Waals surface area (Å²) in [5, 5.41) is 3.95. The van der Waals surface area contributed by atoms with Crippen LogP contribution < -0.4 is 5.73 Å². The predicted octanol–water partition coefficient (Wildman–Crippen LogP) is 3.39. The van der Waals surface area contributed by atoms with E-state index in [4.69, 9.17) is 5.73 Å². The molecule has 0 bridgehead atoms. The van der Waals surface area contributed by atoms with Crippen LogP contribution in [0.4, 0.5) is 5.69 Å². The molecule has 3 aromatic rings. The number of benzene rings is 3. The van der Waals surface area contributed by atoms with Gasteiger partial charge in [0.2, 0.25) is 0 Å². The van der Waals surface area contributed by atoms with Crippen molar-refractivity contribution in [3.63, 3.8) is 0 Å². The first kappa shape index (κ1) is 9.85. The first-order valence-electron chi connectivity index (χ1n) is 5.46. The number of nitrogens with two attached hydrogens (primary N) is 1. The number of aldehydes is 1. The average molecular weight is 221 g/mol. The second-order valence-corrected chi connectivity index (χ2v) is 4.07. The van der Waals surface area contributed by atoms with Crippen LogP contribution in [0.15, 0.2) is 48.5 Å². The van der Waals surface area contributed by atoms with E-state index in [1.807, 2.05) is 36.4 Å². The number of hydrogen-bond acceptors (Lipinski definition) is 2. The van der Waals surface area contributed by atoms with Crippen molar-refractivity contribution in [3.8, 4) is 0 Å². The summed E-state index contributed by atoms with van der Waals surface area (Å²) in [5.41, 5.74) is 7.50. The van der Waals surface area contributed by atoms with Crippen LogP contribution in [0.3, 0.4) is 0 Å². The van der Waals surface area contributed by atoms with Crippen LogP contribution in [0.25, 0.3) is 21.5 Å². The molecule has 3 aromatic carbocycles. The average Bonchev–Trinajstić information content (AvgIpc) is 2.38. The summed E-state index contributed by atoms with van der Waals surface area (Å²) in [6.45, 7) is 0. The zero-order valence-electron chi connectivity index (χ0n) is 9.18. The Morgan fingerprint density at radius 1 is 0.941 bits per heavy atom. The molecule has 0 aliphatic carbocycles. The van der Waals surface area contributed by atoms with E-state index < -0.39 is 0 Å². The molecule has 0 atom stereocenters. The zero-order chi connectivity index (χ0) is 11.8. The van der Waals surface area contributed by atoms with E-state index in [1.54, 1.807) is 6.07 Å². The highest BCUT2D eigenvalue weighted by molar-refractivity contribution is 6.14. The lowest BCUT2D eigenvalue weighted by atomic mass is 9.98. The van der Waals surface area contributed by atoms with Gasteiger partial charge in [-0.2, -0.15) is 0 Å². The molecule has 17 heavy (non-hydrogen) atoms. The number of carbonyl (C=O) groups is 1. The Balaban J connectivity index is 2.60. The second-order valence-electron chi connectivity index (χ2n) is 4.07. The van der Waals surface area contributed by atoms with E-state index in [9.17, 15) is 4.79 Å². The van der Waals surface area contributed by atoms with Crippen molar-refractivity contribution in [3.05, 3.63) is 54.1 Å². The molecule has 2 N–H and O–H groups in total. The lowest BCUT2D eigenvalue weighted by Gasteiger charge is -2.08. The normalized spacial score (nSPS) is 10.8. The van der Waals surface area contributed by atoms with Crippen LogP contribution in [-0.2, 0) is 0 Å². The predicted molar refractivity (Wildman–Crippen MR) is 71.3 cm³/mol. The Hall–Kier alpha value is -2.35. The van der Waals surface area contributed by atoms with Crippen LogP contribution in [0.5, 0.6) is 0 Å². The molecule has 82 valence electrons. The molecule has 3 rings (SSSR count). The number of carbonyl (C=O) groups excluding carboxylic acids is 1. The number of nitrogen functional groups attached to an aromatic ring is 1. The molecule has 2 nitrogen and oxygen atoms in total. The molecule has 0 aromatic heterocycles. The van der Waals surface area contributed by atoms with Crippen LogP contribution in [-0.4, -0.2) is 6.29 Å². The third-order valence-corrected chi connectivity index (χ3v) is 3.09. The monoisotopic (exact) mass is 221 g/mol. The van der Waals surface area contributed by atoms with E-state index in [-0.39, 0.29) is 0 Å². The van der Waals surface area contributed by atoms with Crippen LogP contribution >= 0.6 is 0 Å². The molecule has 0 radical (unpaired) electrons. The Kier molecular flexibility index (Phi) is 2.08. The van der Waals surface area contributed by atoms with Gasteiger partial charge in [-0.05, 0) is 16.8 Å². The van der Waals surface area contributed by atoms with Gasteiger partial charge in [-0.25, -0.2) is 0 Å². The minimum Gasteiger partial charge on any atom is -0.398 e. The SMILES string of the molecule is Nc1c2ccccc2cc2cccc(C=O)c12. The minimum atomic E-state index is 0.644.